The standard InChI is InChI=1S/C21H30N2O4S/c1-12-7-14-9-13(2)19(16(8-12)10-14)27-18-11-15(21(25)26)5-6-17(18)20(24)22-28-23(3)4/h5-6,11-14,16,19H,7-10H2,1-4H3,(H,22,24)(H,25,26). The van der Waals surface area contributed by atoms with Gasteiger partial charge in [0.2, 0.25) is 0 Å². The van der Waals surface area contributed by atoms with Crippen molar-refractivity contribution in [2.75, 3.05) is 14.1 Å². The first-order valence-corrected chi connectivity index (χ1v) is 10.7. The highest BCUT2D eigenvalue weighted by Gasteiger charge is 2.41. The van der Waals surface area contributed by atoms with Gasteiger partial charge in [0.25, 0.3) is 5.91 Å². The van der Waals surface area contributed by atoms with Crippen LogP contribution in [0.15, 0.2) is 18.2 Å². The van der Waals surface area contributed by atoms with Gasteiger partial charge in [-0.2, -0.15) is 0 Å². The lowest BCUT2D eigenvalue weighted by atomic mass is 9.64. The number of fused-ring (bicyclic) bond motifs is 2. The van der Waals surface area contributed by atoms with Gasteiger partial charge in [0, 0.05) is 12.1 Å². The molecule has 2 bridgehead atoms. The van der Waals surface area contributed by atoms with Crippen molar-refractivity contribution >= 4 is 24.0 Å². The molecule has 0 aromatic heterocycles. The highest BCUT2D eigenvalue weighted by Crippen LogP contribution is 2.46. The number of nitrogens with zero attached hydrogens (tertiary/aromatic N) is 1. The van der Waals surface area contributed by atoms with Crippen molar-refractivity contribution in [3.05, 3.63) is 29.3 Å². The van der Waals surface area contributed by atoms with E-state index in [1.165, 1.54) is 30.7 Å². The molecule has 2 N–H and O–H groups in total. The molecule has 2 fully saturated rings. The van der Waals surface area contributed by atoms with Gasteiger partial charge in [-0.3, -0.25) is 9.52 Å². The SMILES string of the molecule is CC1CC2CC(C)C(Oc3cc(C(=O)O)ccc3C(=O)NSN(C)C)C(C1)C2. The third kappa shape index (κ3) is 4.81. The van der Waals surface area contributed by atoms with Gasteiger partial charge in [-0.25, -0.2) is 9.10 Å². The molecule has 0 radical (unpaired) electrons. The predicted molar refractivity (Wildman–Crippen MR) is 110 cm³/mol. The Morgan fingerprint density at radius 3 is 2.61 bits per heavy atom. The zero-order valence-corrected chi connectivity index (χ0v) is 17.8. The molecular weight excluding hydrogens is 376 g/mol. The van der Waals surface area contributed by atoms with E-state index in [9.17, 15) is 14.7 Å². The number of amides is 1. The molecule has 2 aliphatic carbocycles. The van der Waals surface area contributed by atoms with Gasteiger partial charge >= 0.3 is 5.97 Å². The molecule has 154 valence electrons. The third-order valence-electron chi connectivity index (χ3n) is 5.86. The van der Waals surface area contributed by atoms with E-state index >= 15 is 0 Å². The van der Waals surface area contributed by atoms with Crippen molar-refractivity contribution in [1.29, 1.82) is 0 Å². The first-order valence-electron chi connectivity index (χ1n) is 9.93. The first-order chi connectivity index (χ1) is 13.2. The number of benzene rings is 1. The summed E-state index contributed by atoms with van der Waals surface area (Å²) in [7, 11) is 3.67. The molecule has 0 spiro atoms. The molecular formula is C21H30N2O4S. The second kappa shape index (κ2) is 8.74. The minimum absolute atomic E-state index is 0.0103. The van der Waals surface area contributed by atoms with Crippen LogP contribution < -0.4 is 9.46 Å². The van der Waals surface area contributed by atoms with Gasteiger partial charge in [-0.15, -0.1) is 0 Å². The Balaban J connectivity index is 1.86. The average Bonchev–Trinajstić information content (AvgIpc) is 2.62. The lowest BCUT2D eigenvalue weighted by molar-refractivity contribution is -0.0161. The normalized spacial score (nSPS) is 29.4. The molecule has 2 saturated carbocycles. The largest absolute Gasteiger partial charge is 0.489 e. The summed E-state index contributed by atoms with van der Waals surface area (Å²) in [6, 6.07) is 4.49. The minimum atomic E-state index is -1.03. The van der Waals surface area contributed by atoms with E-state index in [1.54, 1.807) is 10.4 Å². The van der Waals surface area contributed by atoms with E-state index in [1.807, 2.05) is 14.1 Å². The number of hydrogen-bond donors (Lipinski definition) is 2. The van der Waals surface area contributed by atoms with Crippen LogP contribution in [0.4, 0.5) is 0 Å². The summed E-state index contributed by atoms with van der Waals surface area (Å²) in [5, 5.41) is 9.38. The Bertz CT molecular complexity index is 735. The van der Waals surface area contributed by atoms with Gasteiger partial charge < -0.3 is 9.84 Å². The Morgan fingerprint density at radius 2 is 1.93 bits per heavy atom. The minimum Gasteiger partial charge on any atom is -0.489 e. The lowest BCUT2D eigenvalue weighted by Crippen LogP contribution is -2.44. The van der Waals surface area contributed by atoms with E-state index in [2.05, 4.69) is 18.6 Å². The maximum atomic E-state index is 12.7. The summed E-state index contributed by atoms with van der Waals surface area (Å²) in [5.41, 5.74) is 0.502. The van der Waals surface area contributed by atoms with Crippen LogP contribution >= 0.6 is 12.1 Å². The maximum absolute atomic E-state index is 12.7. The second-order valence-electron chi connectivity index (χ2n) is 8.58. The third-order valence-corrected chi connectivity index (χ3v) is 6.51. The monoisotopic (exact) mass is 406 g/mol. The molecule has 3 rings (SSSR count). The summed E-state index contributed by atoms with van der Waals surface area (Å²) in [4.78, 5) is 24.1. The van der Waals surface area contributed by atoms with Gasteiger partial charge in [0.05, 0.1) is 11.1 Å². The fraction of sp³-hybridized carbons (Fsp3) is 0.619. The molecule has 0 heterocycles. The molecule has 2 aliphatic rings. The molecule has 28 heavy (non-hydrogen) atoms. The first kappa shape index (κ1) is 21.0. The van der Waals surface area contributed by atoms with Crippen LogP contribution in [0.3, 0.4) is 0 Å². The van der Waals surface area contributed by atoms with E-state index in [-0.39, 0.29) is 17.6 Å². The second-order valence-corrected chi connectivity index (χ2v) is 9.70. The molecule has 1 aromatic carbocycles. The smallest absolute Gasteiger partial charge is 0.335 e. The van der Waals surface area contributed by atoms with Crippen LogP contribution in [0.2, 0.25) is 0 Å². The van der Waals surface area contributed by atoms with Gasteiger partial charge in [0.15, 0.2) is 0 Å². The van der Waals surface area contributed by atoms with E-state index in [0.29, 0.717) is 29.1 Å². The zero-order valence-electron chi connectivity index (χ0n) is 17.0. The lowest BCUT2D eigenvalue weighted by Gasteiger charge is -2.46. The molecule has 5 atom stereocenters. The Hall–Kier alpha value is -1.73. The van der Waals surface area contributed by atoms with Gasteiger partial charge in [-0.05, 0) is 81.6 Å². The number of ether oxygens (including phenoxy) is 1. The van der Waals surface area contributed by atoms with Crippen molar-refractivity contribution < 1.29 is 19.4 Å². The summed E-state index contributed by atoms with van der Waals surface area (Å²) >= 11 is 1.18. The summed E-state index contributed by atoms with van der Waals surface area (Å²) in [6.07, 6.45) is 4.72. The molecule has 6 nitrogen and oxygen atoms in total. The number of nitrogens with one attached hydrogen (secondary N) is 1. The number of carboxylic acids is 1. The summed E-state index contributed by atoms with van der Waals surface area (Å²) < 4.78 is 10.9. The highest BCUT2D eigenvalue weighted by atomic mass is 32.2. The fourth-order valence-corrected chi connectivity index (χ4v) is 5.25. The maximum Gasteiger partial charge on any atom is 0.335 e. The molecule has 5 unspecified atom stereocenters. The molecule has 0 saturated heterocycles. The van der Waals surface area contributed by atoms with Crippen LogP contribution in [-0.4, -0.2) is 41.5 Å². The van der Waals surface area contributed by atoms with Crippen molar-refractivity contribution in [3.8, 4) is 5.75 Å². The van der Waals surface area contributed by atoms with Crippen molar-refractivity contribution in [3.63, 3.8) is 0 Å². The molecule has 1 amide bonds. The van der Waals surface area contributed by atoms with Crippen LogP contribution in [0.25, 0.3) is 0 Å². The average molecular weight is 407 g/mol. The van der Waals surface area contributed by atoms with Crippen molar-refractivity contribution in [1.82, 2.24) is 9.03 Å². The Labute approximate surface area is 171 Å². The van der Waals surface area contributed by atoms with Crippen molar-refractivity contribution in [2.45, 2.75) is 45.6 Å². The summed E-state index contributed by atoms with van der Waals surface area (Å²) in [5.74, 6) is 1.34. The highest BCUT2D eigenvalue weighted by molar-refractivity contribution is 7.95. The molecule has 7 heteroatoms. The van der Waals surface area contributed by atoms with E-state index in [4.69, 9.17) is 4.74 Å². The number of hydrogen-bond acceptors (Lipinski definition) is 5. The molecule has 1 aromatic rings. The van der Waals surface area contributed by atoms with E-state index in [0.717, 1.165) is 25.2 Å². The number of carbonyl (C=O) groups excluding carboxylic acids is 1. The zero-order chi connectivity index (χ0) is 20.4. The number of rotatable bonds is 6. The topological polar surface area (TPSA) is 78.9 Å². The summed E-state index contributed by atoms with van der Waals surface area (Å²) in [6.45, 7) is 4.51. The van der Waals surface area contributed by atoms with Crippen LogP contribution in [-0.2, 0) is 0 Å². The van der Waals surface area contributed by atoms with Gasteiger partial charge in [-0.1, -0.05) is 13.8 Å². The molecule has 0 aliphatic heterocycles. The van der Waals surface area contributed by atoms with Gasteiger partial charge in [0.1, 0.15) is 11.9 Å². The Kier molecular flexibility index (Phi) is 6.55. The Morgan fingerprint density at radius 1 is 1.18 bits per heavy atom. The number of carbonyl (C=O) groups is 2. The number of carboxylic acid groups (broad SMARTS) is 1. The predicted octanol–water partition coefficient (Wildman–Crippen LogP) is 4.08. The van der Waals surface area contributed by atoms with Crippen LogP contribution in [0.1, 0.15) is 60.2 Å². The van der Waals surface area contributed by atoms with Crippen LogP contribution in [0, 0.1) is 23.7 Å². The quantitative estimate of drug-likeness (QED) is 0.693. The number of aromatic carboxylic acids is 1. The van der Waals surface area contributed by atoms with Crippen molar-refractivity contribution in [2.24, 2.45) is 23.7 Å². The fourth-order valence-electron chi connectivity index (χ4n) is 4.88. The van der Waals surface area contributed by atoms with Crippen LogP contribution in [0.5, 0.6) is 5.75 Å². The van der Waals surface area contributed by atoms with E-state index < -0.39 is 5.97 Å².